The maximum Gasteiger partial charge on any atom is 0.146 e. The molecule has 1 aliphatic carbocycles. The van der Waals surface area contributed by atoms with Crippen molar-refractivity contribution in [1.29, 1.82) is 0 Å². The molecule has 0 radical (unpaired) electrons. The van der Waals surface area contributed by atoms with E-state index in [1.807, 2.05) is 6.92 Å². The van der Waals surface area contributed by atoms with Crippen LogP contribution in [-0.2, 0) is 17.2 Å². The number of hydrogen-bond acceptors (Lipinski definition) is 5. The zero-order valence-corrected chi connectivity index (χ0v) is 14.4. The van der Waals surface area contributed by atoms with E-state index in [4.69, 9.17) is 0 Å². The lowest BCUT2D eigenvalue weighted by Gasteiger charge is -2.45. The third kappa shape index (κ3) is 2.67. The first kappa shape index (κ1) is 15.9. The minimum absolute atomic E-state index is 0.227. The van der Waals surface area contributed by atoms with Crippen LogP contribution in [0.5, 0.6) is 0 Å². The predicted molar refractivity (Wildman–Crippen MR) is 87.6 cm³/mol. The highest BCUT2D eigenvalue weighted by molar-refractivity contribution is 7.85. The number of aryl methyl sites for hydroxylation is 1. The molecule has 2 N–H and O–H groups in total. The number of anilines is 1. The van der Waals surface area contributed by atoms with E-state index >= 15 is 0 Å². The monoisotopic (exact) mass is 323 g/mol. The van der Waals surface area contributed by atoms with Crippen LogP contribution in [0.25, 0.3) is 0 Å². The molecule has 1 aromatic rings. The van der Waals surface area contributed by atoms with Crippen molar-refractivity contribution in [3.8, 4) is 0 Å². The van der Waals surface area contributed by atoms with Crippen LogP contribution in [0.2, 0.25) is 0 Å². The first-order valence-corrected chi connectivity index (χ1v) is 9.50. The van der Waals surface area contributed by atoms with Gasteiger partial charge in [-0.1, -0.05) is 13.8 Å². The van der Waals surface area contributed by atoms with Gasteiger partial charge < -0.3 is 10.4 Å². The minimum atomic E-state index is -1.04. The summed E-state index contributed by atoms with van der Waals surface area (Å²) in [4.78, 5) is 10.1. The second-order valence-corrected chi connectivity index (χ2v) is 8.33. The summed E-state index contributed by atoms with van der Waals surface area (Å²) in [7, 11) is -1.04. The average Bonchev–Trinajstić information content (AvgIpc) is 2.41. The summed E-state index contributed by atoms with van der Waals surface area (Å²) in [5, 5.41) is 13.6. The van der Waals surface area contributed by atoms with E-state index in [1.54, 1.807) is 0 Å². The van der Waals surface area contributed by atoms with Gasteiger partial charge >= 0.3 is 0 Å². The molecule has 1 aromatic heterocycles. The zero-order valence-electron chi connectivity index (χ0n) is 13.6. The topological polar surface area (TPSA) is 75.1 Å². The molecular weight excluding hydrogens is 298 g/mol. The molecule has 6 heteroatoms. The molecule has 2 aliphatic rings. The zero-order chi connectivity index (χ0) is 15.9. The lowest BCUT2D eigenvalue weighted by Crippen LogP contribution is -2.54. The molecule has 22 heavy (non-hydrogen) atoms. The summed E-state index contributed by atoms with van der Waals surface area (Å²) in [5.74, 6) is 2.38. The number of fused-ring (bicyclic) bond motifs is 1. The van der Waals surface area contributed by atoms with Gasteiger partial charge in [0.25, 0.3) is 0 Å². The van der Waals surface area contributed by atoms with E-state index in [2.05, 4.69) is 29.1 Å². The van der Waals surface area contributed by atoms with E-state index in [1.165, 1.54) is 0 Å². The lowest BCUT2D eigenvalue weighted by molar-refractivity contribution is 0.0631. The van der Waals surface area contributed by atoms with Crippen LogP contribution in [0.4, 0.5) is 5.82 Å². The summed E-state index contributed by atoms with van der Waals surface area (Å²) in [5.41, 5.74) is 0.601. The van der Waals surface area contributed by atoms with Gasteiger partial charge in [0.1, 0.15) is 16.5 Å². The van der Waals surface area contributed by atoms with Crippen LogP contribution in [0, 0.1) is 0 Å². The van der Waals surface area contributed by atoms with Crippen LogP contribution in [-0.4, -0.2) is 36.7 Å². The minimum Gasteiger partial charge on any atom is -0.391 e. The van der Waals surface area contributed by atoms with E-state index in [0.29, 0.717) is 11.6 Å². The number of nitrogens with one attached hydrogen (secondary N) is 1. The average molecular weight is 323 g/mol. The van der Waals surface area contributed by atoms with Crippen LogP contribution in [0.15, 0.2) is 4.90 Å². The first-order chi connectivity index (χ1) is 10.4. The third-order valence-electron chi connectivity index (χ3n) is 4.85. The molecular formula is C16H25N3O2S. The van der Waals surface area contributed by atoms with Gasteiger partial charge in [0, 0.05) is 11.7 Å². The fraction of sp³-hybridized carbons (Fsp3) is 0.750. The van der Waals surface area contributed by atoms with Crippen molar-refractivity contribution in [3.63, 3.8) is 0 Å². The first-order valence-electron chi connectivity index (χ1n) is 8.18. The van der Waals surface area contributed by atoms with Gasteiger partial charge in [-0.25, -0.2) is 9.97 Å². The smallest absolute Gasteiger partial charge is 0.146 e. The molecule has 5 nitrogen and oxygen atoms in total. The molecule has 0 aromatic carbocycles. The highest BCUT2D eigenvalue weighted by atomic mass is 32.2. The Balaban J connectivity index is 2.05. The highest BCUT2D eigenvalue weighted by Gasteiger charge is 2.42. The van der Waals surface area contributed by atoms with Crippen molar-refractivity contribution < 1.29 is 9.32 Å². The van der Waals surface area contributed by atoms with Crippen LogP contribution >= 0.6 is 0 Å². The normalized spacial score (nSPS) is 24.5. The maximum absolute atomic E-state index is 12.5. The fourth-order valence-electron chi connectivity index (χ4n) is 3.18. The van der Waals surface area contributed by atoms with Gasteiger partial charge in [0.2, 0.25) is 0 Å². The van der Waals surface area contributed by atoms with E-state index in [0.717, 1.165) is 48.5 Å². The number of aliphatic hydroxyl groups is 1. The Hall–Kier alpha value is -1.01. The Morgan fingerprint density at radius 1 is 1.23 bits per heavy atom. The predicted octanol–water partition coefficient (Wildman–Crippen LogP) is 2.37. The molecule has 1 aliphatic heterocycles. The molecule has 0 amide bonds. The molecule has 1 saturated carbocycles. The summed E-state index contributed by atoms with van der Waals surface area (Å²) in [6.07, 6.45) is 4.27. The fourth-order valence-corrected chi connectivity index (χ4v) is 4.51. The Morgan fingerprint density at radius 3 is 2.50 bits per heavy atom. The number of hydrogen-bond donors (Lipinski definition) is 2. The Labute approximate surface area is 134 Å². The molecule has 2 heterocycles. The molecule has 3 rings (SSSR count). The number of aromatic nitrogens is 2. The molecule has 2 unspecified atom stereocenters. The second-order valence-electron chi connectivity index (χ2n) is 6.82. The Bertz CT molecular complexity index is 597. The van der Waals surface area contributed by atoms with E-state index < -0.39 is 16.9 Å². The third-order valence-corrected chi connectivity index (χ3v) is 6.40. The Morgan fingerprint density at radius 2 is 1.95 bits per heavy atom. The summed E-state index contributed by atoms with van der Waals surface area (Å²) >= 11 is 0. The molecule has 1 fully saturated rings. The molecule has 0 saturated heterocycles. The lowest BCUT2D eigenvalue weighted by atomic mass is 9.73. The van der Waals surface area contributed by atoms with Crippen molar-refractivity contribution >= 4 is 16.6 Å². The number of rotatable bonds is 4. The second kappa shape index (κ2) is 5.89. The van der Waals surface area contributed by atoms with Gasteiger partial charge in [-0.05, 0) is 39.0 Å². The van der Waals surface area contributed by atoms with Gasteiger partial charge in [-0.15, -0.1) is 0 Å². The molecule has 0 spiro atoms. The quantitative estimate of drug-likeness (QED) is 0.890. The van der Waals surface area contributed by atoms with Crippen LogP contribution in [0.3, 0.4) is 0 Å². The van der Waals surface area contributed by atoms with Crippen molar-refractivity contribution in [1.82, 2.24) is 9.97 Å². The number of aliphatic hydroxyl groups excluding tert-OH is 1. The Kier molecular flexibility index (Phi) is 4.25. The van der Waals surface area contributed by atoms with Crippen molar-refractivity contribution in [2.24, 2.45) is 0 Å². The van der Waals surface area contributed by atoms with Crippen molar-refractivity contribution in [2.45, 2.75) is 75.3 Å². The molecule has 2 atom stereocenters. The van der Waals surface area contributed by atoms with Gasteiger partial charge in [0.05, 0.1) is 28.1 Å². The van der Waals surface area contributed by atoms with Gasteiger partial charge in [0.15, 0.2) is 0 Å². The van der Waals surface area contributed by atoms with Gasteiger partial charge in [-0.2, -0.15) is 0 Å². The van der Waals surface area contributed by atoms with E-state index in [9.17, 15) is 9.32 Å². The van der Waals surface area contributed by atoms with Crippen LogP contribution in [0.1, 0.15) is 63.9 Å². The largest absolute Gasteiger partial charge is 0.391 e. The van der Waals surface area contributed by atoms with Gasteiger partial charge in [-0.3, -0.25) is 4.21 Å². The summed E-state index contributed by atoms with van der Waals surface area (Å²) in [6.45, 7) is 5.96. The summed E-state index contributed by atoms with van der Waals surface area (Å²) in [6, 6.07) is 0. The van der Waals surface area contributed by atoms with E-state index in [-0.39, 0.29) is 11.5 Å². The van der Waals surface area contributed by atoms with Crippen molar-refractivity contribution in [3.05, 3.63) is 11.5 Å². The van der Waals surface area contributed by atoms with Crippen LogP contribution < -0.4 is 5.32 Å². The maximum atomic E-state index is 12.5. The number of nitrogens with zero attached hydrogens (tertiary/aromatic N) is 2. The highest BCUT2D eigenvalue weighted by Crippen LogP contribution is 2.40. The SMILES string of the molecule is CC(C)c1nc2c(c(NC3(C(C)O)CCC3)n1)S(=O)CCC2. The molecule has 122 valence electrons. The van der Waals surface area contributed by atoms with Crippen molar-refractivity contribution in [2.75, 3.05) is 11.1 Å². The molecule has 0 bridgehead atoms. The standard InChI is InChI=1S/C16H25N3O2S/c1-10(2)14-17-12-6-4-9-22(21)13(12)15(18-14)19-16(11(3)20)7-5-8-16/h10-11,20H,4-9H2,1-3H3,(H,17,18,19). The summed E-state index contributed by atoms with van der Waals surface area (Å²) < 4.78 is 12.5.